The predicted octanol–water partition coefficient (Wildman–Crippen LogP) is 4.40. The summed E-state index contributed by atoms with van der Waals surface area (Å²) in [7, 11) is 0. The van der Waals surface area contributed by atoms with Crippen LogP contribution in [0.3, 0.4) is 0 Å². The smallest absolute Gasteiger partial charge is 0.259 e. The quantitative estimate of drug-likeness (QED) is 0.249. The van der Waals surface area contributed by atoms with E-state index in [4.69, 9.17) is 16.3 Å². The molecular weight excluding hydrogens is 529 g/mol. The van der Waals surface area contributed by atoms with Gasteiger partial charge in [-0.1, -0.05) is 35.9 Å². The Morgan fingerprint density at radius 2 is 1.71 bits per heavy atom. The molecule has 6 nitrogen and oxygen atoms in total. The maximum atomic E-state index is 12.1. The van der Waals surface area contributed by atoms with Crippen molar-refractivity contribution in [3.05, 3.63) is 98.1 Å². The van der Waals surface area contributed by atoms with Crippen LogP contribution in [0.15, 0.2) is 77.9 Å². The number of amides is 2. The summed E-state index contributed by atoms with van der Waals surface area (Å²) in [6, 6.07) is 21.9. The normalized spacial score (nSPS) is 10.6. The van der Waals surface area contributed by atoms with E-state index in [0.29, 0.717) is 17.2 Å². The summed E-state index contributed by atoms with van der Waals surface area (Å²) >= 11 is 7.95. The van der Waals surface area contributed by atoms with Crippen LogP contribution < -0.4 is 15.5 Å². The lowest BCUT2D eigenvalue weighted by molar-refractivity contribution is -0.120. The van der Waals surface area contributed by atoms with Gasteiger partial charge in [0.25, 0.3) is 11.8 Å². The number of carbonyl (C=O) groups excluding carboxylic acids is 2. The molecule has 31 heavy (non-hydrogen) atoms. The molecule has 3 rings (SSSR count). The maximum absolute atomic E-state index is 12.1. The topological polar surface area (TPSA) is 79.8 Å². The zero-order chi connectivity index (χ0) is 22.1. The van der Waals surface area contributed by atoms with Crippen LogP contribution in [0.25, 0.3) is 0 Å². The monoisotopic (exact) mass is 547 g/mol. The van der Waals surface area contributed by atoms with Crippen LogP contribution in [-0.4, -0.2) is 24.6 Å². The lowest BCUT2D eigenvalue weighted by atomic mass is 10.2. The van der Waals surface area contributed by atoms with Crippen LogP contribution in [-0.2, 0) is 11.4 Å². The number of hydrogen-bond acceptors (Lipinski definition) is 4. The van der Waals surface area contributed by atoms with Crippen molar-refractivity contribution in [2.24, 2.45) is 5.10 Å². The van der Waals surface area contributed by atoms with Gasteiger partial charge in [-0.15, -0.1) is 0 Å². The first-order chi connectivity index (χ1) is 15.0. The number of ether oxygens (including phenoxy) is 1. The number of rotatable bonds is 8. The molecule has 0 radical (unpaired) electrons. The Bertz CT molecular complexity index is 1070. The van der Waals surface area contributed by atoms with E-state index in [1.807, 2.05) is 60.7 Å². The molecule has 158 valence electrons. The van der Waals surface area contributed by atoms with Gasteiger partial charge in [0.15, 0.2) is 0 Å². The second kappa shape index (κ2) is 11.5. The van der Waals surface area contributed by atoms with E-state index in [-0.39, 0.29) is 12.5 Å². The Balaban J connectivity index is 1.41. The summed E-state index contributed by atoms with van der Waals surface area (Å²) < 4.78 is 6.55. The molecule has 0 aromatic heterocycles. The molecule has 3 aromatic carbocycles. The van der Waals surface area contributed by atoms with Crippen molar-refractivity contribution in [1.29, 1.82) is 0 Å². The largest absolute Gasteiger partial charge is 0.489 e. The summed E-state index contributed by atoms with van der Waals surface area (Å²) in [6.07, 6.45) is 1.52. The zero-order valence-electron chi connectivity index (χ0n) is 16.3. The number of halogens is 2. The minimum atomic E-state index is -0.418. The Morgan fingerprint density at radius 1 is 1.00 bits per heavy atom. The van der Waals surface area contributed by atoms with Crippen LogP contribution in [0, 0.1) is 3.57 Å². The van der Waals surface area contributed by atoms with Crippen LogP contribution in [0.1, 0.15) is 21.5 Å². The summed E-state index contributed by atoms with van der Waals surface area (Å²) in [5.41, 5.74) is 4.73. The second-order valence-corrected chi connectivity index (χ2v) is 8.04. The molecule has 0 saturated carbocycles. The number of benzene rings is 3. The Morgan fingerprint density at radius 3 is 2.42 bits per heavy atom. The van der Waals surface area contributed by atoms with Crippen molar-refractivity contribution >= 4 is 52.2 Å². The van der Waals surface area contributed by atoms with Crippen molar-refractivity contribution in [2.75, 3.05) is 6.54 Å². The Labute approximate surface area is 198 Å². The summed E-state index contributed by atoms with van der Waals surface area (Å²) in [5.74, 6) is -0.00818. The molecule has 0 unspecified atom stereocenters. The minimum Gasteiger partial charge on any atom is -0.489 e. The van der Waals surface area contributed by atoms with Crippen LogP contribution >= 0.6 is 34.2 Å². The summed E-state index contributed by atoms with van der Waals surface area (Å²) in [4.78, 5) is 24.0. The summed E-state index contributed by atoms with van der Waals surface area (Å²) in [5, 5.41) is 7.17. The van der Waals surface area contributed by atoms with E-state index in [0.717, 1.165) is 20.4 Å². The average molecular weight is 548 g/mol. The maximum Gasteiger partial charge on any atom is 0.259 e. The molecule has 0 aliphatic rings. The highest BCUT2D eigenvalue weighted by atomic mass is 127. The van der Waals surface area contributed by atoms with Gasteiger partial charge in [-0.2, -0.15) is 5.10 Å². The van der Waals surface area contributed by atoms with Gasteiger partial charge < -0.3 is 10.1 Å². The molecular formula is C23H19ClIN3O3. The molecule has 0 bridgehead atoms. The van der Waals surface area contributed by atoms with Gasteiger partial charge in [0, 0.05) is 8.59 Å². The third-order valence-corrected chi connectivity index (χ3v) is 5.32. The lowest BCUT2D eigenvalue weighted by Crippen LogP contribution is -2.35. The molecule has 3 aromatic rings. The van der Waals surface area contributed by atoms with Crippen molar-refractivity contribution in [2.45, 2.75) is 6.61 Å². The Kier molecular flexibility index (Phi) is 8.43. The highest BCUT2D eigenvalue weighted by molar-refractivity contribution is 14.1. The fourth-order valence-corrected chi connectivity index (χ4v) is 3.28. The number of hydrogen-bond donors (Lipinski definition) is 2. The first-order valence-corrected chi connectivity index (χ1v) is 10.8. The molecule has 2 N–H and O–H groups in total. The molecule has 0 aliphatic heterocycles. The van der Waals surface area contributed by atoms with Crippen molar-refractivity contribution in [3.63, 3.8) is 0 Å². The first kappa shape index (κ1) is 22.8. The highest BCUT2D eigenvalue weighted by Gasteiger charge is 2.10. The van der Waals surface area contributed by atoms with Crippen molar-refractivity contribution in [1.82, 2.24) is 10.7 Å². The molecule has 8 heteroatoms. The molecule has 0 aliphatic carbocycles. The van der Waals surface area contributed by atoms with E-state index in [1.165, 1.54) is 6.21 Å². The molecule has 0 spiro atoms. The fourth-order valence-electron chi connectivity index (χ4n) is 2.52. The number of carbonyl (C=O) groups is 2. The number of nitrogens with zero attached hydrogens (tertiary/aromatic N) is 1. The molecule has 2 amide bonds. The van der Waals surface area contributed by atoms with Gasteiger partial charge in [-0.25, -0.2) is 5.43 Å². The fraction of sp³-hybridized carbons (Fsp3) is 0.0870. The standard InChI is InChI=1S/C23H19ClIN3O3/c24-18-9-5-17(6-10-18)15-31-19-11-7-16(8-12-19)13-27-28-22(29)14-26-23(30)20-3-1-2-4-21(20)25/h1-13H,14-15H2,(H,26,30)(H,28,29)/b27-13-. The van der Waals surface area contributed by atoms with Gasteiger partial charge in [0.05, 0.1) is 18.3 Å². The number of nitrogens with one attached hydrogen (secondary N) is 2. The highest BCUT2D eigenvalue weighted by Crippen LogP contribution is 2.15. The van der Waals surface area contributed by atoms with E-state index < -0.39 is 5.91 Å². The molecule has 0 fully saturated rings. The molecule has 0 atom stereocenters. The van der Waals surface area contributed by atoms with Gasteiger partial charge in [-0.3, -0.25) is 9.59 Å². The number of hydrazone groups is 1. The first-order valence-electron chi connectivity index (χ1n) is 9.33. The van der Waals surface area contributed by atoms with Crippen LogP contribution in [0.2, 0.25) is 5.02 Å². The van der Waals surface area contributed by atoms with Gasteiger partial charge in [0.1, 0.15) is 12.4 Å². The van der Waals surface area contributed by atoms with E-state index in [1.54, 1.807) is 12.1 Å². The predicted molar refractivity (Wildman–Crippen MR) is 129 cm³/mol. The molecule has 0 heterocycles. The van der Waals surface area contributed by atoms with Crippen LogP contribution in [0.4, 0.5) is 0 Å². The van der Waals surface area contributed by atoms with E-state index >= 15 is 0 Å². The zero-order valence-corrected chi connectivity index (χ0v) is 19.3. The Hall–Kier alpha value is -2.91. The summed E-state index contributed by atoms with van der Waals surface area (Å²) in [6.45, 7) is 0.271. The molecule has 0 saturated heterocycles. The minimum absolute atomic E-state index is 0.168. The van der Waals surface area contributed by atoms with Gasteiger partial charge >= 0.3 is 0 Å². The van der Waals surface area contributed by atoms with E-state index in [2.05, 4.69) is 38.4 Å². The third-order valence-electron chi connectivity index (χ3n) is 4.13. The second-order valence-electron chi connectivity index (χ2n) is 6.44. The van der Waals surface area contributed by atoms with Gasteiger partial charge in [-0.05, 0) is 82.2 Å². The third kappa shape index (κ3) is 7.37. The van der Waals surface area contributed by atoms with Crippen LogP contribution in [0.5, 0.6) is 5.75 Å². The SMILES string of the molecule is O=C(CNC(=O)c1ccccc1I)N/N=C\c1ccc(OCc2ccc(Cl)cc2)cc1. The van der Waals surface area contributed by atoms with Crippen molar-refractivity contribution in [3.8, 4) is 5.75 Å². The van der Waals surface area contributed by atoms with E-state index in [9.17, 15) is 9.59 Å². The lowest BCUT2D eigenvalue weighted by Gasteiger charge is -2.07. The average Bonchev–Trinajstić information content (AvgIpc) is 2.78. The van der Waals surface area contributed by atoms with Crippen molar-refractivity contribution < 1.29 is 14.3 Å². The van der Waals surface area contributed by atoms with Gasteiger partial charge in [0.2, 0.25) is 0 Å².